The summed E-state index contributed by atoms with van der Waals surface area (Å²) in [6.07, 6.45) is 16.8. The Kier molecular flexibility index (Phi) is 7.32. The Morgan fingerprint density at radius 2 is 1.06 bits per heavy atom. The summed E-state index contributed by atoms with van der Waals surface area (Å²) in [6.45, 7) is 6.85. The van der Waals surface area contributed by atoms with Gasteiger partial charge in [0.15, 0.2) is 0 Å². The lowest BCUT2D eigenvalue weighted by Gasteiger charge is -2.07. The van der Waals surface area contributed by atoms with Crippen LogP contribution in [0.1, 0.15) is 78.6 Å². The second-order valence-corrected chi connectivity index (χ2v) is 5.22. The Bertz CT molecular complexity index is 233. The van der Waals surface area contributed by atoms with E-state index in [0.717, 1.165) is 0 Å². The Hall–Kier alpha value is -0.520. The van der Waals surface area contributed by atoms with Gasteiger partial charge >= 0.3 is 0 Å². The van der Waals surface area contributed by atoms with Gasteiger partial charge in [-0.2, -0.15) is 0 Å². The standard InChI is InChI=1S/C17H29/c1-4-7-10-15-13-16(11-8-5-2)17(14-15)12-9-6-3/h13-14H,4-12H2,1-3H3. The summed E-state index contributed by atoms with van der Waals surface area (Å²) in [4.78, 5) is 0. The molecule has 0 aromatic carbocycles. The van der Waals surface area contributed by atoms with Gasteiger partial charge in [0.25, 0.3) is 0 Å². The highest BCUT2D eigenvalue weighted by Gasteiger charge is 2.16. The lowest BCUT2D eigenvalue weighted by molar-refractivity contribution is 0.756. The Morgan fingerprint density at radius 1 is 0.647 bits per heavy atom. The summed E-state index contributed by atoms with van der Waals surface area (Å²) in [5, 5.41) is 0. The quantitative estimate of drug-likeness (QED) is 0.458. The molecule has 0 saturated heterocycles. The number of unbranched alkanes of at least 4 members (excludes halogenated alkanes) is 3. The van der Waals surface area contributed by atoms with Crippen molar-refractivity contribution in [1.29, 1.82) is 0 Å². The number of hydrogen-bond donors (Lipinski definition) is 0. The maximum Gasteiger partial charge on any atom is 0.0199 e. The predicted molar refractivity (Wildman–Crippen MR) is 78.0 cm³/mol. The van der Waals surface area contributed by atoms with Gasteiger partial charge in [0, 0.05) is 5.92 Å². The van der Waals surface area contributed by atoms with Crippen LogP contribution in [-0.2, 0) is 0 Å². The van der Waals surface area contributed by atoms with Gasteiger partial charge in [-0.15, -0.1) is 0 Å². The molecule has 1 aliphatic rings. The minimum Gasteiger partial charge on any atom is -0.0699 e. The van der Waals surface area contributed by atoms with Crippen molar-refractivity contribution in [2.75, 3.05) is 0 Å². The highest BCUT2D eigenvalue weighted by molar-refractivity contribution is 5.48. The van der Waals surface area contributed by atoms with Crippen molar-refractivity contribution in [1.82, 2.24) is 0 Å². The SMILES string of the molecule is CCCC[C]1C=C(CCCC)C(CCCC)=C1. The molecule has 0 N–H and O–H groups in total. The Balaban J connectivity index is 2.52. The first-order valence-electron chi connectivity index (χ1n) is 7.59. The van der Waals surface area contributed by atoms with Gasteiger partial charge in [-0.3, -0.25) is 0 Å². The van der Waals surface area contributed by atoms with E-state index in [1.807, 2.05) is 0 Å². The van der Waals surface area contributed by atoms with Crippen LogP contribution in [0.3, 0.4) is 0 Å². The second-order valence-electron chi connectivity index (χ2n) is 5.22. The smallest absolute Gasteiger partial charge is 0.0199 e. The molecule has 1 rings (SSSR count). The van der Waals surface area contributed by atoms with E-state index >= 15 is 0 Å². The summed E-state index contributed by atoms with van der Waals surface area (Å²) in [5.41, 5.74) is 3.29. The molecular formula is C17H29. The van der Waals surface area contributed by atoms with Gasteiger partial charge in [0.1, 0.15) is 0 Å². The predicted octanol–water partition coefficient (Wildman–Crippen LogP) is 6.00. The summed E-state index contributed by atoms with van der Waals surface area (Å²) in [6, 6.07) is 0. The van der Waals surface area contributed by atoms with Gasteiger partial charge in [-0.1, -0.05) is 58.6 Å². The monoisotopic (exact) mass is 233 g/mol. The van der Waals surface area contributed by atoms with Crippen LogP contribution in [0.4, 0.5) is 0 Å². The van der Waals surface area contributed by atoms with E-state index in [1.54, 1.807) is 17.1 Å². The van der Waals surface area contributed by atoms with E-state index in [4.69, 9.17) is 0 Å². The molecule has 1 aliphatic carbocycles. The topological polar surface area (TPSA) is 0 Å². The first kappa shape index (κ1) is 14.5. The first-order valence-corrected chi connectivity index (χ1v) is 7.59. The average molecular weight is 233 g/mol. The molecule has 0 heteroatoms. The second kappa shape index (κ2) is 8.55. The van der Waals surface area contributed by atoms with Crippen LogP contribution in [-0.4, -0.2) is 0 Å². The fourth-order valence-electron chi connectivity index (χ4n) is 2.40. The molecule has 97 valence electrons. The zero-order valence-corrected chi connectivity index (χ0v) is 12.0. The molecule has 0 atom stereocenters. The molecule has 0 saturated carbocycles. The summed E-state index contributed by atoms with van der Waals surface area (Å²) in [7, 11) is 0. The van der Waals surface area contributed by atoms with Crippen LogP contribution in [0.15, 0.2) is 23.3 Å². The highest BCUT2D eigenvalue weighted by atomic mass is 14.2. The van der Waals surface area contributed by atoms with Gasteiger partial charge in [0.2, 0.25) is 0 Å². The molecule has 17 heavy (non-hydrogen) atoms. The zero-order chi connectivity index (χ0) is 12.5. The molecular weight excluding hydrogens is 204 g/mol. The molecule has 0 aromatic heterocycles. The van der Waals surface area contributed by atoms with Gasteiger partial charge in [0.05, 0.1) is 0 Å². The largest absolute Gasteiger partial charge is 0.0699 e. The van der Waals surface area contributed by atoms with Crippen molar-refractivity contribution in [2.45, 2.75) is 78.6 Å². The molecule has 0 heterocycles. The third kappa shape index (κ3) is 5.10. The van der Waals surface area contributed by atoms with Crippen LogP contribution in [0.5, 0.6) is 0 Å². The van der Waals surface area contributed by atoms with Crippen molar-refractivity contribution < 1.29 is 0 Å². The third-order valence-electron chi connectivity index (χ3n) is 3.55. The van der Waals surface area contributed by atoms with Gasteiger partial charge in [-0.25, -0.2) is 0 Å². The van der Waals surface area contributed by atoms with Gasteiger partial charge in [-0.05, 0) is 43.3 Å². The molecule has 0 nitrogen and oxygen atoms in total. The summed E-state index contributed by atoms with van der Waals surface area (Å²) >= 11 is 0. The fourth-order valence-corrected chi connectivity index (χ4v) is 2.40. The molecule has 0 bridgehead atoms. The maximum absolute atomic E-state index is 2.48. The fraction of sp³-hybridized carbons (Fsp3) is 0.706. The highest BCUT2D eigenvalue weighted by Crippen LogP contribution is 2.34. The van der Waals surface area contributed by atoms with Crippen molar-refractivity contribution in [3.05, 3.63) is 29.2 Å². The van der Waals surface area contributed by atoms with Crippen molar-refractivity contribution in [3.8, 4) is 0 Å². The zero-order valence-electron chi connectivity index (χ0n) is 12.0. The first-order chi connectivity index (χ1) is 8.31. The molecule has 0 unspecified atom stereocenters. The van der Waals surface area contributed by atoms with E-state index in [-0.39, 0.29) is 0 Å². The minimum absolute atomic E-state index is 1.28. The van der Waals surface area contributed by atoms with Crippen molar-refractivity contribution in [2.24, 2.45) is 0 Å². The lowest BCUT2D eigenvalue weighted by Crippen LogP contribution is -1.87. The minimum atomic E-state index is 1.28. The van der Waals surface area contributed by atoms with Crippen LogP contribution < -0.4 is 0 Å². The van der Waals surface area contributed by atoms with Crippen LogP contribution in [0, 0.1) is 5.92 Å². The van der Waals surface area contributed by atoms with Gasteiger partial charge < -0.3 is 0 Å². The molecule has 1 radical (unpaired) electrons. The van der Waals surface area contributed by atoms with Crippen molar-refractivity contribution in [3.63, 3.8) is 0 Å². The van der Waals surface area contributed by atoms with Crippen LogP contribution in [0.2, 0.25) is 0 Å². The number of rotatable bonds is 9. The van der Waals surface area contributed by atoms with Crippen LogP contribution >= 0.6 is 0 Å². The average Bonchev–Trinajstić information content (AvgIpc) is 2.73. The summed E-state index contributed by atoms with van der Waals surface area (Å²) < 4.78 is 0. The van der Waals surface area contributed by atoms with E-state index in [1.165, 1.54) is 57.8 Å². The number of allylic oxidation sites excluding steroid dienone is 4. The summed E-state index contributed by atoms with van der Waals surface area (Å²) in [5.74, 6) is 1.59. The lowest BCUT2D eigenvalue weighted by atomic mass is 9.99. The molecule has 0 aromatic rings. The molecule has 0 fully saturated rings. The molecule has 0 amide bonds. The van der Waals surface area contributed by atoms with E-state index in [2.05, 4.69) is 32.9 Å². The maximum atomic E-state index is 2.48. The van der Waals surface area contributed by atoms with Crippen molar-refractivity contribution >= 4 is 0 Å². The van der Waals surface area contributed by atoms with Crippen LogP contribution in [0.25, 0.3) is 0 Å². The Morgan fingerprint density at radius 3 is 1.47 bits per heavy atom. The Labute approximate surface area is 108 Å². The van der Waals surface area contributed by atoms with E-state index < -0.39 is 0 Å². The molecule has 0 spiro atoms. The third-order valence-corrected chi connectivity index (χ3v) is 3.55. The van der Waals surface area contributed by atoms with E-state index in [9.17, 15) is 0 Å². The molecule has 0 aliphatic heterocycles. The normalized spacial score (nSPS) is 16.2. The number of hydrogen-bond acceptors (Lipinski definition) is 0. The van der Waals surface area contributed by atoms with E-state index in [0.29, 0.717) is 0 Å².